The summed E-state index contributed by atoms with van der Waals surface area (Å²) in [5.41, 5.74) is 0.347. The number of carbonyl (C=O) groups excluding carboxylic acids is 2. The zero-order chi connectivity index (χ0) is 18.6. The molecule has 2 rings (SSSR count). The molecule has 0 unspecified atom stereocenters. The largest absolute Gasteiger partial charge is 0.464 e. The van der Waals surface area contributed by atoms with Gasteiger partial charge in [0.05, 0.1) is 24.7 Å². The molecule has 0 bridgehead atoms. The maximum absolute atomic E-state index is 12.2. The van der Waals surface area contributed by atoms with Crippen molar-refractivity contribution in [2.45, 2.75) is 39.8 Å². The fourth-order valence-electron chi connectivity index (χ4n) is 2.36. The molecule has 2 N–H and O–H groups in total. The standard InChI is InChI=1S/C16H21N3O6/c1-5-23-15(21)10-9(4)25-14-11(10)13(17-7-18-14)19-12(8(3)20)16(22)24-6-2/h7-8,12,20H,5-6H2,1-4H3,(H,17,18,19)/t8-,12-/m1/s1. The Morgan fingerprint density at radius 1 is 1.28 bits per heavy atom. The van der Waals surface area contributed by atoms with E-state index in [4.69, 9.17) is 13.9 Å². The fourth-order valence-corrected chi connectivity index (χ4v) is 2.36. The first-order valence-electron chi connectivity index (χ1n) is 7.93. The number of hydrogen-bond acceptors (Lipinski definition) is 9. The lowest BCUT2D eigenvalue weighted by Gasteiger charge is -2.20. The van der Waals surface area contributed by atoms with Gasteiger partial charge in [0.15, 0.2) is 6.04 Å². The summed E-state index contributed by atoms with van der Waals surface area (Å²) in [4.78, 5) is 32.4. The van der Waals surface area contributed by atoms with E-state index in [9.17, 15) is 14.7 Å². The SMILES string of the molecule is CCOC(=O)c1c(C)oc2ncnc(N[C@@H](C(=O)OCC)[C@@H](C)O)c12. The normalized spacial score (nSPS) is 13.3. The molecule has 0 saturated heterocycles. The summed E-state index contributed by atoms with van der Waals surface area (Å²) < 4.78 is 15.5. The summed E-state index contributed by atoms with van der Waals surface area (Å²) in [5.74, 6) is -0.728. The quantitative estimate of drug-likeness (QED) is 0.713. The average molecular weight is 351 g/mol. The van der Waals surface area contributed by atoms with Gasteiger partial charge in [0.1, 0.15) is 23.5 Å². The van der Waals surface area contributed by atoms with E-state index in [1.54, 1.807) is 20.8 Å². The molecular weight excluding hydrogens is 330 g/mol. The highest BCUT2D eigenvalue weighted by Crippen LogP contribution is 2.30. The molecule has 2 aromatic heterocycles. The summed E-state index contributed by atoms with van der Waals surface area (Å²) in [6, 6.07) is -1.07. The van der Waals surface area contributed by atoms with Crippen LogP contribution in [0.2, 0.25) is 0 Å². The van der Waals surface area contributed by atoms with Gasteiger partial charge in [0, 0.05) is 0 Å². The van der Waals surface area contributed by atoms with Gasteiger partial charge in [-0.05, 0) is 27.7 Å². The molecule has 2 heterocycles. The first-order chi connectivity index (χ1) is 11.9. The molecule has 0 spiro atoms. The summed E-state index contributed by atoms with van der Waals surface area (Å²) in [6.45, 7) is 6.77. The van der Waals surface area contributed by atoms with Crippen molar-refractivity contribution in [3.63, 3.8) is 0 Å². The molecule has 2 aromatic rings. The van der Waals surface area contributed by atoms with Gasteiger partial charge in [-0.2, -0.15) is 0 Å². The first-order valence-corrected chi connectivity index (χ1v) is 7.93. The van der Waals surface area contributed by atoms with E-state index >= 15 is 0 Å². The van der Waals surface area contributed by atoms with Crippen LogP contribution >= 0.6 is 0 Å². The number of aliphatic hydroxyl groups is 1. The second-order valence-corrected chi connectivity index (χ2v) is 5.27. The molecule has 9 heteroatoms. The minimum atomic E-state index is -1.07. The lowest BCUT2D eigenvalue weighted by Crippen LogP contribution is -2.40. The van der Waals surface area contributed by atoms with Gasteiger partial charge in [0.25, 0.3) is 0 Å². The maximum Gasteiger partial charge on any atom is 0.342 e. The van der Waals surface area contributed by atoms with Crippen LogP contribution in [0, 0.1) is 6.92 Å². The lowest BCUT2D eigenvalue weighted by atomic mass is 10.1. The van der Waals surface area contributed by atoms with Crippen LogP contribution in [0.15, 0.2) is 10.7 Å². The van der Waals surface area contributed by atoms with E-state index < -0.39 is 24.1 Å². The smallest absolute Gasteiger partial charge is 0.342 e. The van der Waals surface area contributed by atoms with Gasteiger partial charge in [-0.1, -0.05) is 0 Å². The van der Waals surface area contributed by atoms with Crippen LogP contribution in [-0.4, -0.2) is 52.4 Å². The molecule has 0 aliphatic heterocycles. The number of nitrogens with zero attached hydrogens (tertiary/aromatic N) is 2. The van der Waals surface area contributed by atoms with Crippen LogP contribution in [0.5, 0.6) is 0 Å². The number of hydrogen-bond donors (Lipinski definition) is 2. The molecule has 0 aliphatic carbocycles. The highest BCUT2D eigenvalue weighted by Gasteiger charge is 2.29. The van der Waals surface area contributed by atoms with E-state index in [2.05, 4.69) is 15.3 Å². The highest BCUT2D eigenvalue weighted by atomic mass is 16.5. The van der Waals surface area contributed by atoms with E-state index in [1.165, 1.54) is 13.3 Å². The molecule has 0 saturated carbocycles. The summed E-state index contributed by atoms with van der Waals surface area (Å²) in [5, 5.41) is 13.0. The Hall–Kier alpha value is -2.68. The van der Waals surface area contributed by atoms with Gasteiger partial charge in [-0.25, -0.2) is 19.6 Å². The summed E-state index contributed by atoms with van der Waals surface area (Å²) in [7, 11) is 0. The number of fused-ring (bicyclic) bond motifs is 1. The van der Waals surface area contributed by atoms with Crippen molar-refractivity contribution in [2.24, 2.45) is 0 Å². The predicted molar refractivity (Wildman–Crippen MR) is 88.2 cm³/mol. The Morgan fingerprint density at radius 3 is 2.56 bits per heavy atom. The monoisotopic (exact) mass is 351 g/mol. The molecule has 0 fully saturated rings. The summed E-state index contributed by atoms with van der Waals surface area (Å²) in [6.07, 6.45) is 0.176. The molecule has 9 nitrogen and oxygen atoms in total. The third kappa shape index (κ3) is 3.87. The number of rotatable bonds is 7. The molecule has 0 amide bonds. The number of nitrogens with one attached hydrogen (secondary N) is 1. The summed E-state index contributed by atoms with van der Waals surface area (Å²) >= 11 is 0. The Kier molecular flexibility index (Phi) is 5.92. The third-order valence-corrected chi connectivity index (χ3v) is 3.46. The number of anilines is 1. The van der Waals surface area contributed by atoms with E-state index in [0.29, 0.717) is 5.76 Å². The Bertz CT molecular complexity index is 771. The topological polar surface area (TPSA) is 124 Å². The number of esters is 2. The van der Waals surface area contributed by atoms with Gasteiger partial charge in [-0.15, -0.1) is 0 Å². The second-order valence-electron chi connectivity index (χ2n) is 5.27. The number of carbonyl (C=O) groups is 2. The minimum absolute atomic E-state index is 0.168. The van der Waals surface area contributed by atoms with Gasteiger partial charge in [0.2, 0.25) is 5.71 Å². The predicted octanol–water partition coefficient (Wildman–Crippen LogP) is 1.43. The molecule has 0 aliphatic rings. The van der Waals surface area contributed by atoms with Crippen LogP contribution in [0.25, 0.3) is 11.1 Å². The third-order valence-electron chi connectivity index (χ3n) is 3.46. The van der Waals surface area contributed by atoms with Gasteiger partial charge >= 0.3 is 11.9 Å². The Balaban J connectivity index is 2.50. The Morgan fingerprint density at radius 2 is 1.96 bits per heavy atom. The zero-order valence-corrected chi connectivity index (χ0v) is 14.5. The Labute approximate surface area is 144 Å². The van der Waals surface area contributed by atoms with Crippen molar-refractivity contribution in [3.05, 3.63) is 17.7 Å². The molecular formula is C16H21N3O6. The van der Waals surface area contributed by atoms with E-state index in [-0.39, 0.29) is 35.7 Å². The van der Waals surface area contributed by atoms with Crippen LogP contribution in [-0.2, 0) is 14.3 Å². The molecule has 0 aromatic carbocycles. The van der Waals surface area contributed by atoms with Crippen LogP contribution < -0.4 is 5.32 Å². The number of aromatic nitrogens is 2. The highest BCUT2D eigenvalue weighted by molar-refractivity contribution is 6.08. The van der Waals surface area contributed by atoms with Crippen molar-refractivity contribution < 1.29 is 28.6 Å². The van der Waals surface area contributed by atoms with Crippen LogP contribution in [0.3, 0.4) is 0 Å². The van der Waals surface area contributed by atoms with Crippen LogP contribution in [0.4, 0.5) is 5.82 Å². The molecule has 2 atom stereocenters. The van der Waals surface area contributed by atoms with Gasteiger partial charge in [-0.3, -0.25) is 0 Å². The van der Waals surface area contributed by atoms with Crippen molar-refractivity contribution in [1.29, 1.82) is 0 Å². The minimum Gasteiger partial charge on any atom is -0.464 e. The van der Waals surface area contributed by atoms with Crippen molar-refractivity contribution >= 4 is 28.9 Å². The number of aliphatic hydroxyl groups excluding tert-OH is 1. The number of ether oxygens (including phenoxy) is 2. The number of furan rings is 1. The van der Waals surface area contributed by atoms with Gasteiger partial charge < -0.3 is 24.3 Å². The van der Waals surface area contributed by atoms with Crippen LogP contribution in [0.1, 0.15) is 36.9 Å². The zero-order valence-electron chi connectivity index (χ0n) is 14.5. The molecule has 25 heavy (non-hydrogen) atoms. The first kappa shape index (κ1) is 18.7. The number of aryl methyl sites for hydroxylation is 1. The lowest BCUT2D eigenvalue weighted by molar-refractivity contribution is -0.146. The fraction of sp³-hybridized carbons (Fsp3) is 0.500. The van der Waals surface area contributed by atoms with Crippen molar-refractivity contribution in [1.82, 2.24) is 9.97 Å². The molecule has 0 radical (unpaired) electrons. The van der Waals surface area contributed by atoms with Crippen molar-refractivity contribution in [3.8, 4) is 0 Å². The van der Waals surface area contributed by atoms with Crippen molar-refractivity contribution in [2.75, 3.05) is 18.5 Å². The van der Waals surface area contributed by atoms with E-state index in [0.717, 1.165) is 0 Å². The molecule has 136 valence electrons. The second kappa shape index (κ2) is 7.93. The maximum atomic E-state index is 12.2. The average Bonchev–Trinajstić information content (AvgIpc) is 2.89. The van der Waals surface area contributed by atoms with E-state index in [1.807, 2.05) is 0 Å².